The number of hydrogen-bond donors (Lipinski definition) is 1. The van der Waals surface area contributed by atoms with Crippen molar-refractivity contribution in [3.05, 3.63) is 68.8 Å². The highest BCUT2D eigenvalue weighted by Gasteiger charge is 2.22. The minimum atomic E-state index is -0.358. The molecule has 0 saturated heterocycles. The molecular formula is C18H19IO. The van der Waals surface area contributed by atoms with Crippen LogP contribution in [0.5, 0.6) is 0 Å². The highest BCUT2D eigenvalue weighted by atomic mass is 127. The van der Waals surface area contributed by atoms with Gasteiger partial charge in [-0.15, -0.1) is 0 Å². The first-order valence-electron chi connectivity index (χ1n) is 7.25. The van der Waals surface area contributed by atoms with E-state index in [0.717, 1.165) is 12.0 Å². The van der Waals surface area contributed by atoms with Crippen molar-refractivity contribution in [2.75, 3.05) is 0 Å². The summed E-state index contributed by atoms with van der Waals surface area (Å²) in [6.45, 7) is 0. The van der Waals surface area contributed by atoms with Crippen LogP contribution in [0, 0.1) is 3.57 Å². The van der Waals surface area contributed by atoms with Crippen LogP contribution >= 0.6 is 22.6 Å². The van der Waals surface area contributed by atoms with Crippen molar-refractivity contribution < 1.29 is 5.11 Å². The zero-order valence-electron chi connectivity index (χ0n) is 11.4. The molecule has 0 spiro atoms. The summed E-state index contributed by atoms with van der Waals surface area (Å²) < 4.78 is 1.21. The molecule has 2 atom stereocenters. The second-order valence-corrected chi connectivity index (χ2v) is 6.84. The number of hydrogen-bond acceptors (Lipinski definition) is 1. The fourth-order valence-electron chi connectivity index (χ4n) is 3.19. The van der Waals surface area contributed by atoms with Crippen molar-refractivity contribution in [2.45, 2.75) is 37.7 Å². The van der Waals surface area contributed by atoms with Crippen molar-refractivity contribution in [3.63, 3.8) is 0 Å². The Kier molecular flexibility index (Phi) is 4.41. The Morgan fingerprint density at radius 2 is 1.85 bits per heavy atom. The maximum Gasteiger partial charge on any atom is 0.0795 e. The molecule has 0 bridgehead atoms. The highest BCUT2D eigenvalue weighted by Crippen LogP contribution is 2.37. The van der Waals surface area contributed by atoms with E-state index < -0.39 is 0 Å². The zero-order valence-corrected chi connectivity index (χ0v) is 13.6. The minimum Gasteiger partial charge on any atom is -0.388 e. The monoisotopic (exact) mass is 378 g/mol. The van der Waals surface area contributed by atoms with E-state index in [1.54, 1.807) is 0 Å². The van der Waals surface area contributed by atoms with Gasteiger partial charge in [-0.05, 0) is 83.0 Å². The fraction of sp³-hybridized carbons (Fsp3) is 0.333. The molecule has 1 N–H and O–H groups in total. The van der Waals surface area contributed by atoms with E-state index in [9.17, 15) is 5.11 Å². The Labute approximate surface area is 134 Å². The topological polar surface area (TPSA) is 20.2 Å². The molecule has 1 aliphatic rings. The smallest absolute Gasteiger partial charge is 0.0795 e. The van der Waals surface area contributed by atoms with Gasteiger partial charge in [-0.1, -0.05) is 36.4 Å². The summed E-state index contributed by atoms with van der Waals surface area (Å²) in [6, 6.07) is 16.9. The molecular weight excluding hydrogens is 359 g/mol. The lowest BCUT2D eigenvalue weighted by Crippen LogP contribution is -2.13. The molecule has 3 rings (SSSR count). The SMILES string of the molecule is OC(CC1CCCc2ccccc21)c1ccc(I)cc1. The lowest BCUT2D eigenvalue weighted by Gasteiger charge is -2.27. The lowest BCUT2D eigenvalue weighted by molar-refractivity contribution is 0.154. The van der Waals surface area contributed by atoms with Gasteiger partial charge in [0.05, 0.1) is 6.10 Å². The Morgan fingerprint density at radius 3 is 2.65 bits per heavy atom. The maximum atomic E-state index is 10.5. The van der Waals surface area contributed by atoms with Crippen molar-refractivity contribution >= 4 is 22.6 Å². The summed E-state index contributed by atoms with van der Waals surface area (Å²) in [6.07, 6.45) is 4.09. The van der Waals surface area contributed by atoms with Gasteiger partial charge >= 0.3 is 0 Å². The standard InChI is InChI=1S/C18H19IO/c19-16-10-8-14(9-11-16)18(20)12-15-6-3-5-13-4-1-2-7-17(13)15/h1-2,4,7-11,15,18,20H,3,5-6,12H2. The first-order chi connectivity index (χ1) is 9.74. The van der Waals surface area contributed by atoms with Crippen LogP contribution in [0.15, 0.2) is 48.5 Å². The summed E-state index contributed by atoms with van der Waals surface area (Å²) in [5, 5.41) is 10.5. The predicted molar refractivity (Wildman–Crippen MR) is 90.9 cm³/mol. The third-order valence-electron chi connectivity index (χ3n) is 4.26. The fourth-order valence-corrected chi connectivity index (χ4v) is 3.55. The quantitative estimate of drug-likeness (QED) is 0.759. The van der Waals surface area contributed by atoms with Gasteiger partial charge in [0.15, 0.2) is 0 Å². The Hall–Kier alpha value is -0.870. The Morgan fingerprint density at radius 1 is 1.10 bits per heavy atom. The molecule has 0 fully saturated rings. The van der Waals surface area contributed by atoms with Gasteiger partial charge in [0.25, 0.3) is 0 Å². The van der Waals surface area contributed by atoms with Gasteiger partial charge in [0, 0.05) is 3.57 Å². The number of halogens is 1. The van der Waals surface area contributed by atoms with Crippen LogP contribution < -0.4 is 0 Å². The summed E-state index contributed by atoms with van der Waals surface area (Å²) in [4.78, 5) is 0. The van der Waals surface area contributed by atoms with E-state index in [2.05, 4.69) is 59.0 Å². The van der Waals surface area contributed by atoms with Crippen LogP contribution in [0.4, 0.5) is 0 Å². The van der Waals surface area contributed by atoms with Crippen molar-refractivity contribution in [3.8, 4) is 0 Å². The number of benzene rings is 2. The molecule has 20 heavy (non-hydrogen) atoms. The minimum absolute atomic E-state index is 0.358. The van der Waals surface area contributed by atoms with Gasteiger partial charge in [0.2, 0.25) is 0 Å². The van der Waals surface area contributed by atoms with Gasteiger partial charge in [-0.2, -0.15) is 0 Å². The molecule has 0 aliphatic heterocycles. The van der Waals surface area contributed by atoms with Crippen LogP contribution in [-0.4, -0.2) is 5.11 Å². The van der Waals surface area contributed by atoms with Crippen molar-refractivity contribution in [2.24, 2.45) is 0 Å². The van der Waals surface area contributed by atoms with Crippen molar-refractivity contribution in [1.29, 1.82) is 0 Å². The number of aryl methyl sites for hydroxylation is 1. The van der Waals surface area contributed by atoms with E-state index in [0.29, 0.717) is 5.92 Å². The third kappa shape index (κ3) is 3.07. The van der Waals surface area contributed by atoms with E-state index in [1.807, 2.05) is 12.1 Å². The summed E-state index contributed by atoms with van der Waals surface area (Å²) in [7, 11) is 0. The molecule has 104 valence electrons. The van der Waals surface area contributed by atoms with E-state index in [1.165, 1.54) is 34.0 Å². The maximum absolute atomic E-state index is 10.5. The molecule has 0 amide bonds. The molecule has 2 unspecified atom stereocenters. The molecule has 0 saturated carbocycles. The van der Waals surface area contributed by atoms with Crippen LogP contribution in [0.3, 0.4) is 0 Å². The van der Waals surface area contributed by atoms with Crippen LogP contribution in [0.1, 0.15) is 48.0 Å². The summed E-state index contributed by atoms with van der Waals surface area (Å²) in [5.74, 6) is 0.495. The number of rotatable bonds is 3. The molecule has 0 aromatic heterocycles. The molecule has 1 aliphatic carbocycles. The number of aliphatic hydroxyl groups excluding tert-OH is 1. The largest absolute Gasteiger partial charge is 0.388 e. The van der Waals surface area contributed by atoms with Crippen LogP contribution in [0.2, 0.25) is 0 Å². The molecule has 0 radical (unpaired) electrons. The van der Waals surface area contributed by atoms with Crippen LogP contribution in [0.25, 0.3) is 0 Å². The molecule has 1 nitrogen and oxygen atoms in total. The van der Waals surface area contributed by atoms with E-state index in [4.69, 9.17) is 0 Å². The Bertz CT molecular complexity index is 576. The average Bonchev–Trinajstić information content (AvgIpc) is 2.48. The number of fused-ring (bicyclic) bond motifs is 1. The van der Waals surface area contributed by atoms with Gasteiger partial charge in [-0.3, -0.25) is 0 Å². The number of aliphatic hydroxyl groups is 1. The first kappa shape index (κ1) is 14.1. The van der Waals surface area contributed by atoms with E-state index >= 15 is 0 Å². The van der Waals surface area contributed by atoms with E-state index in [-0.39, 0.29) is 6.10 Å². The van der Waals surface area contributed by atoms with Gasteiger partial charge < -0.3 is 5.11 Å². The molecule has 2 aromatic carbocycles. The third-order valence-corrected chi connectivity index (χ3v) is 4.98. The zero-order chi connectivity index (χ0) is 13.9. The predicted octanol–water partition coefficient (Wildman–Crippen LogP) is 4.83. The Balaban J connectivity index is 1.77. The normalized spacial score (nSPS) is 19.4. The molecule has 0 heterocycles. The van der Waals surface area contributed by atoms with Gasteiger partial charge in [-0.25, -0.2) is 0 Å². The average molecular weight is 378 g/mol. The highest BCUT2D eigenvalue weighted by molar-refractivity contribution is 14.1. The summed E-state index contributed by atoms with van der Waals surface area (Å²) >= 11 is 2.29. The molecule has 2 aromatic rings. The van der Waals surface area contributed by atoms with Crippen molar-refractivity contribution in [1.82, 2.24) is 0 Å². The first-order valence-corrected chi connectivity index (χ1v) is 8.33. The second kappa shape index (κ2) is 6.27. The molecule has 2 heteroatoms. The van der Waals surface area contributed by atoms with Gasteiger partial charge in [0.1, 0.15) is 0 Å². The lowest BCUT2D eigenvalue weighted by atomic mass is 9.79. The van der Waals surface area contributed by atoms with Crippen LogP contribution in [-0.2, 0) is 6.42 Å². The second-order valence-electron chi connectivity index (χ2n) is 5.59. The summed E-state index contributed by atoms with van der Waals surface area (Å²) in [5.41, 5.74) is 3.95.